The van der Waals surface area contributed by atoms with Crippen molar-refractivity contribution in [3.63, 3.8) is 0 Å². The summed E-state index contributed by atoms with van der Waals surface area (Å²) in [5, 5.41) is 12.0. The molecule has 1 fully saturated rings. The lowest BCUT2D eigenvalue weighted by atomic mass is 10.2. The fourth-order valence-corrected chi connectivity index (χ4v) is 4.13. The second-order valence-electron chi connectivity index (χ2n) is 8.69. The summed E-state index contributed by atoms with van der Waals surface area (Å²) in [6.07, 6.45) is 2.89. The fourth-order valence-electron chi connectivity index (χ4n) is 3.94. The van der Waals surface area contributed by atoms with Crippen molar-refractivity contribution in [1.82, 2.24) is 29.4 Å². The highest BCUT2D eigenvalue weighted by Crippen LogP contribution is 2.23. The van der Waals surface area contributed by atoms with E-state index in [1.165, 1.54) is 9.36 Å². The Bertz CT molecular complexity index is 1300. The van der Waals surface area contributed by atoms with Crippen molar-refractivity contribution < 1.29 is 23.9 Å². The van der Waals surface area contributed by atoms with Crippen molar-refractivity contribution in [2.75, 3.05) is 38.1 Å². The number of aryl methyl sites for hydroxylation is 1. The van der Waals surface area contributed by atoms with Crippen LogP contribution in [0.5, 0.6) is 5.75 Å². The summed E-state index contributed by atoms with van der Waals surface area (Å²) in [6, 6.07) is 8.08. The van der Waals surface area contributed by atoms with Gasteiger partial charge in [-0.05, 0) is 39.0 Å². The molecule has 202 valence electrons. The largest absolute Gasteiger partial charge is 0.470 e. The first-order chi connectivity index (χ1) is 18.3. The van der Waals surface area contributed by atoms with Crippen LogP contribution in [0.1, 0.15) is 36.1 Å². The molecule has 13 heteroatoms. The number of piperazine rings is 1. The summed E-state index contributed by atoms with van der Waals surface area (Å²) in [5.74, 6) is -0.0207. The molecule has 12 nitrogen and oxygen atoms in total. The van der Waals surface area contributed by atoms with Crippen LogP contribution in [0, 0.1) is 6.92 Å². The number of rotatable bonds is 8. The van der Waals surface area contributed by atoms with E-state index in [2.05, 4.69) is 15.5 Å². The van der Waals surface area contributed by atoms with Crippen molar-refractivity contribution >= 4 is 35.2 Å². The molecular weight excluding hydrogens is 514 g/mol. The molecular formula is C25H30ClN7O5. The van der Waals surface area contributed by atoms with Crippen LogP contribution < -0.4 is 10.1 Å². The van der Waals surface area contributed by atoms with Crippen molar-refractivity contribution in [2.24, 2.45) is 0 Å². The zero-order valence-corrected chi connectivity index (χ0v) is 22.2. The molecule has 1 N–H and O–H groups in total. The minimum absolute atomic E-state index is 0.0850. The van der Waals surface area contributed by atoms with E-state index in [9.17, 15) is 14.4 Å². The summed E-state index contributed by atoms with van der Waals surface area (Å²) in [7, 11) is 0. The maximum Gasteiger partial charge on any atom is 0.409 e. The molecule has 38 heavy (non-hydrogen) atoms. The van der Waals surface area contributed by atoms with Crippen LogP contribution in [0.25, 0.3) is 0 Å². The Kier molecular flexibility index (Phi) is 8.52. The van der Waals surface area contributed by atoms with E-state index >= 15 is 0 Å². The number of para-hydroxylation sites is 1. The number of aromatic nitrogens is 4. The fraction of sp³-hybridized carbons (Fsp3) is 0.400. The van der Waals surface area contributed by atoms with Gasteiger partial charge in [0.1, 0.15) is 11.8 Å². The van der Waals surface area contributed by atoms with Gasteiger partial charge in [-0.3, -0.25) is 14.3 Å². The maximum absolute atomic E-state index is 13.1. The van der Waals surface area contributed by atoms with E-state index < -0.39 is 11.9 Å². The summed E-state index contributed by atoms with van der Waals surface area (Å²) >= 11 is 6.10. The Balaban J connectivity index is 1.32. The number of carbonyl (C=O) groups excluding carboxylic acids is 3. The van der Waals surface area contributed by atoms with Gasteiger partial charge < -0.3 is 24.6 Å². The average molecular weight is 544 g/mol. The van der Waals surface area contributed by atoms with E-state index in [0.717, 1.165) is 0 Å². The number of carbonyl (C=O) groups is 3. The van der Waals surface area contributed by atoms with Crippen molar-refractivity contribution in [3.05, 3.63) is 59.1 Å². The molecule has 1 atom stereocenters. The molecule has 2 aromatic heterocycles. The Morgan fingerprint density at radius 2 is 1.79 bits per heavy atom. The van der Waals surface area contributed by atoms with E-state index in [1.807, 2.05) is 6.07 Å². The number of hydrogen-bond donors (Lipinski definition) is 1. The molecule has 4 rings (SSSR count). The monoisotopic (exact) mass is 543 g/mol. The zero-order chi connectivity index (χ0) is 27.2. The summed E-state index contributed by atoms with van der Waals surface area (Å²) in [4.78, 5) is 41.1. The topological polar surface area (TPSA) is 124 Å². The normalized spacial score (nSPS) is 14.2. The second-order valence-corrected chi connectivity index (χ2v) is 9.10. The number of amides is 3. The third-order valence-corrected chi connectivity index (χ3v) is 6.41. The second kappa shape index (κ2) is 12.0. The van der Waals surface area contributed by atoms with E-state index in [1.54, 1.807) is 67.2 Å². The highest BCUT2D eigenvalue weighted by molar-refractivity contribution is 6.32. The SMILES string of the molecule is CCOC(=O)N1CCN(C(=O)C(C)n2cc(NC(=O)c3ccn(COc4ccccc4Cl)n3)c(C)n2)CC1. The van der Waals surface area contributed by atoms with Gasteiger partial charge in [0.25, 0.3) is 5.91 Å². The number of hydrogen-bond acceptors (Lipinski definition) is 7. The first-order valence-corrected chi connectivity index (χ1v) is 12.6. The molecule has 1 aliphatic rings. The minimum atomic E-state index is -0.588. The number of anilines is 1. The lowest BCUT2D eigenvalue weighted by Gasteiger charge is -2.35. The molecule has 3 aromatic rings. The van der Waals surface area contributed by atoms with Crippen LogP contribution >= 0.6 is 11.6 Å². The molecule has 3 heterocycles. The van der Waals surface area contributed by atoms with Gasteiger partial charge in [-0.2, -0.15) is 10.2 Å². The van der Waals surface area contributed by atoms with Crippen molar-refractivity contribution in [2.45, 2.75) is 33.5 Å². The number of halogens is 1. The summed E-state index contributed by atoms with van der Waals surface area (Å²) < 4.78 is 13.7. The Hall–Kier alpha value is -4.06. The predicted molar refractivity (Wildman–Crippen MR) is 139 cm³/mol. The van der Waals surface area contributed by atoms with Crippen LogP contribution in [0.4, 0.5) is 10.5 Å². The van der Waals surface area contributed by atoms with E-state index in [-0.39, 0.29) is 24.4 Å². The molecule has 0 aliphatic carbocycles. The first kappa shape index (κ1) is 27.0. The zero-order valence-electron chi connectivity index (χ0n) is 21.5. The standard InChI is InChI=1S/C25H30ClN7O5/c1-4-37-25(36)31-13-11-30(12-14-31)24(35)18(3)33-15-21(17(2)28-33)27-23(34)20-9-10-32(29-20)16-38-22-8-6-5-7-19(22)26/h5-10,15,18H,4,11-14,16H2,1-3H3,(H,27,34). The average Bonchev–Trinajstić information content (AvgIpc) is 3.54. The molecule has 3 amide bonds. The minimum Gasteiger partial charge on any atom is -0.470 e. The highest BCUT2D eigenvalue weighted by Gasteiger charge is 2.29. The third-order valence-electron chi connectivity index (χ3n) is 6.10. The van der Waals surface area contributed by atoms with E-state index in [0.29, 0.717) is 54.9 Å². The maximum atomic E-state index is 13.1. The van der Waals surface area contributed by atoms with Crippen LogP contribution in [-0.2, 0) is 16.3 Å². The number of ether oxygens (including phenoxy) is 2. The van der Waals surface area contributed by atoms with Crippen molar-refractivity contribution in [3.8, 4) is 5.75 Å². The van der Waals surface area contributed by atoms with Gasteiger partial charge in [0.05, 0.1) is 23.0 Å². The number of nitrogens with one attached hydrogen (secondary N) is 1. The van der Waals surface area contributed by atoms with Gasteiger partial charge in [0, 0.05) is 38.6 Å². The molecule has 1 aliphatic heterocycles. The smallest absolute Gasteiger partial charge is 0.409 e. The predicted octanol–water partition coefficient (Wildman–Crippen LogP) is 3.19. The number of benzene rings is 1. The Labute approximate surface area is 225 Å². The molecule has 1 aromatic carbocycles. The Morgan fingerprint density at radius 1 is 1.08 bits per heavy atom. The molecule has 1 unspecified atom stereocenters. The van der Waals surface area contributed by atoms with Crippen LogP contribution in [-0.4, -0.2) is 80.1 Å². The van der Waals surface area contributed by atoms with Crippen LogP contribution in [0.2, 0.25) is 5.02 Å². The summed E-state index contributed by atoms with van der Waals surface area (Å²) in [6.45, 7) is 7.29. The molecule has 1 saturated heterocycles. The van der Waals surface area contributed by atoms with Crippen molar-refractivity contribution in [1.29, 1.82) is 0 Å². The first-order valence-electron chi connectivity index (χ1n) is 12.2. The molecule has 0 saturated carbocycles. The van der Waals surface area contributed by atoms with Gasteiger partial charge in [-0.1, -0.05) is 23.7 Å². The molecule has 0 spiro atoms. The lowest BCUT2D eigenvalue weighted by molar-refractivity contribution is -0.136. The van der Waals surface area contributed by atoms with Gasteiger partial charge in [-0.25, -0.2) is 9.48 Å². The number of nitrogens with zero attached hydrogens (tertiary/aromatic N) is 6. The third kappa shape index (κ3) is 6.25. The van der Waals surface area contributed by atoms with Gasteiger partial charge >= 0.3 is 6.09 Å². The highest BCUT2D eigenvalue weighted by atomic mass is 35.5. The van der Waals surface area contributed by atoms with Crippen LogP contribution in [0.15, 0.2) is 42.7 Å². The molecule has 0 radical (unpaired) electrons. The molecule has 0 bridgehead atoms. The lowest BCUT2D eigenvalue weighted by Crippen LogP contribution is -2.52. The quantitative estimate of drug-likeness (QED) is 0.462. The Morgan fingerprint density at radius 3 is 2.50 bits per heavy atom. The van der Waals surface area contributed by atoms with Gasteiger partial charge in [-0.15, -0.1) is 0 Å². The van der Waals surface area contributed by atoms with Gasteiger partial charge in [0.15, 0.2) is 12.4 Å². The summed E-state index contributed by atoms with van der Waals surface area (Å²) in [5.41, 5.74) is 1.23. The van der Waals surface area contributed by atoms with Crippen LogP contribution in [0.3, 0.4) is 0 Å². The van der Waals surface area contributed by atoms with E-state index in [4.69, 9.17) is 21.1 Å². The van der Waals surface area contributed by atoms with Gasteiger partial charge in [0.2, 0.25) is 5.91 Å².